The Morgan fingerprint density at radius 3 is 2.77 bits per heavy atom. The van der Waals surface area contributed by atoms with Crippen LogP contribution in [-0.2, 0) is 17.8 Å². The minimum absolute atomic E-state index is 0.193. The summed E-state index contributed by atoms with van der Waals surface area (Å²) < 4.78 is 0. The summed E-state index contributed by atoms with van der Waals surface area (Å²) >= 11 is 1.71. The van der Waals surface area contributed by atoms with E-state index in [9.17, 15) is 4.79 Å². The minimum Gasteiger partial charge on any atom is -0.346 e. The number of amides is 1. The Kier molecular flexibility index (Phi) is 4.94. The Morgan fingerprint density at radius 2 is 2.00 bits per heavy atom. The van der Waals surface area contributed by atoms with E-state index in [1.165, 1.54) is 12.0 Å². The Bertz CT molecular complexity index is 762. The highest BCUT2D eigenvalue weighted by Gasteiger charge is 2.42. The van der Waals surface area contributed by atoms with Crippen LogP contribution in [-0.4, -0.2) is 40.6 Å². The predicted octanol–water partition coefficient (Wildman–Crippen LogP) is 3.51. The fourth-order valence-corrected chi connectivity index (χ4v) is 5.07. The first-order chi connectivity index (χ1) is 12.7. The van der Waals surface area contributed by atoms with Crippen LogP contribution in [0.25, 0.3) is 0 Å². The molecule has 6 heteroatoms. The van der Waals surface area contributed by atoms with Crippen LogP contribution < -0.4 is 4.90 Å². The summed E-state index contributed by atoms with van der Waals surface area (Å²) in [4.78, 5) is 17.0. The van der Waals surface area contributed by atoms with Crippen molar-refractivity contribution in [3.05, 3.63) is 40.9 Å². The first-order valence-corrected chi connectivity index (χ1v) is 10.4. The second-order valence-electron chi connectivity index (χ2n) is 7.59. The molecule has 26 heavy (non-hydrogen) atoms. The summed E-state index contributed by atoms with van der Waals surface area (Å²) in [6, 6.07) is 10.3. The topological polar surface area (TPSA) is 49.3 Å². The molecule has 3 heterocycles. The van der Waals surface area contributed by atoms with E-state index in [4.69, 9.17) is 0 Å². The van der Waals surface area contributed by atoms with Gasteiger partial charge in [-0.2, -0.15) is 0 Å². The summed E-state index contributed by atoms with van der Waals surface area (Å²) in [5.41, 5.74) is 1.40. The molecule has 1 aromatic carbocycles. The van der Waals surface area contributed by atoms with Crippen molar-refractivity contribution in [2.75, 3.05) is 24.5 Å². The zero-order chi connectivity index (χ0) is 18.0. The van der Waals surface area contributed by atoms with Gasteiger partial charge < -0.3 is 9.80 Å². The van der Waals surface area contributed by atoms with Crippen molar-refractivity contribution in [3.63, 3.8) is 0 Å². The number of hydrogen-bond donors (Lipinski definition) is 0. The summed E-state index contributed by atoms with van der Waals surface area (Å²) in [7, 11) is 0. The van der Waals surface area contributed by atoms with E-state index in [2.05, 4.69) is 39.1 Å². The van der Waals surface area contributed by atoms with Crippen molar-refractivity contribution in [1.82, 2.24) is 15.1 Å². The molecule has 4 rings (SSSR count). The van der Waals surface area contributed by atoms with E-state index in [0.29, 0.717) is 12.3 Å². The van der Waals surface area contributed by atoms with E-state index < -0.39 is 0 Å². The lowest BCUT2D eigenvalue weighted by Gasteiger charge is -2.48. The third-order valence-electron chi connectivity index (χ3n) is 5.65. The molecule has 2 aliphatic heterocycles. The molecule has 138 valence electrons. The standard InChI is InChI=1S/C20H26N4OS/c1-2-17-21-22-19(26-17)23-12-6-10-20(14-23)11-9-18(25)24(15-20)13-16-7-4-3-5-8-16/h3-5,7-8H,2,6,9-15H2,1H3/t20-/m0/s1. The average molecular weight is 371 g/mol. The SMILES string of the molecule is CCc1nnc(N2CCC[C@]3(CCC(=O)N(Cc4ccccc4)C3)C2)s1. The molecule has 1 spiro atoms. The number of piperidine rings is 2. The van der Waals surface area contributed by atoms with Crippen LogP contribution in [0.2, 0.25) is 0 Å². The molecule has 2 aliphatic rings. The molecule has 5 nitrogen and oxygen atoms in total. The molecule has 1 aromatic heterocycles. The molecule has 0 bridgehead atoms. The van der Waals surface area contributed by atoms with Crippen molar-refractivity contribution in [2.45, 2.75) is 45.6 Å². The third-order valence-corrected chi connectivity index (χ3v) is 6.78. The normalized spacial score (nSPS) is 23.7. The van der Waals surface area contributed by atoms with Crippen molar-refractivity contribution >= 4 is 22.4 Å². The largest absolute Gasteiger partial charge is 0.346 e. The van der Waals surface area contributed by atoms with Gasteiger partial charge in [-0.1, -0.05) is 48.6 Å². The Balaban J connectivity index is 1.49. The molecule has 0 N–H and O–H groups in total. The predicted molar refractivity (Wildman–Crippen MR) is 104 cm³/mol. The molecular formula is C20H26N4OS. The zero-order valence-corrected chi connectivity index (χ0v) is 16.2. The summed E-state index contributed by atoms with van der Waals surface area (Å²) in [5.74, 6) is 0.292. The summed E-state index contributed by atoms with van der Waals surface area (Å²) in [5, 5.41) is 10.8. The van der Waals surface area contributed by atoms with Gasteiger partial charge in [-0.3, -0.25) is 4.79 Å². The number of aryl methyl sites for hydroxylation is 1. The van der Waals surface area contributed by atoms with Gasteiger partial charge in [0.25, 0.3) is 0 Å². The molecule has 0 unspecified atom stereocenters. The minimum atomic E-state index is 0.193. The highest BCUT2D eigenvalue weighted by molar-refractivity contribution is 7.15. The second-order valence-corrected chi connectivity index (χ2v) is 8.63. The fraction of sp³-hybridized carbons (Fsp3) is 0.550. The van der Waals surface area contributed by atoms with Crippen LogP contribution >= 0.6 is 11.3 Å². The zero-order valence-electron chi connectivity index (χ0n) is 15.4. The molecule has 2 aromatic rings. The van der Waals surface area contributed by atoms with E-state index in [1.807, 2.05) is 18.2 Å². The molecule has 2 saturated heterocycles. The fourth-order valence-electron chi connectivity index (χ4n) is 4.27. The van der Waals surface area contributed by atoms with Crippen molar-refractivity contribution < 1.29 is 4.79 Å². The van der Waals surface area contributed by atoms with E-state index >= 15 is 0 Å². The van der Waals surface area contributed by atoms with Gasteiger partial charge >= 0.3 is 0 Å². The van der Waals surface area contributed by atoms with E-state index in [1.54, 1.807) is 11.3 Å². The van der Waals surface area contributed by atoms with Crippen LogP contribution in [0, 0.1) is 5.41 Å². The van der Waals surface area contributed by atoms with Crippen LogP contribution in [0.1, 0.15) is 43.2 Å². The molecule has 1 amide bonds. The first-order valence-electron chi connectivity index (χ1n) is 9.56. The van der Waals surface area contributed by atoms with Crippen molar-refractivity contribution in [1.29, 1.82) is 0 Å². The quantitative estimate of drug-likeness (QED) is 0.826. The Labute approximate surface area is 159 Å². The Morgan fingerprint density at radius 1 is 1.15 bits per heavy atom. The van der Waals surface area contributed by atoms with Gasteiger partial charge in [-0.15, -0.1) is 10.2 Å². The van der Waals surface area contributed by atoms with Crippen LogP contribution in [0.5, 0.6) is 0 Å². The van der Waals surface area contributed by atoms with Gasteiger partial charge in [0.2, 0.25) is 11.0 Å². The second kappa shape index (κ2) is 7.35. The molecule has 2 fully saturated rings. The van der Waals surface area contributed by atoms with Crippen LogP contribution in [0.3, 0.4) is 0 Å². The molecule has 0 radical (unpaired) electrons. The monoisotopic (exact) mass is 370 g/mol. The van der Waals surface area contributed by atoms with Gasteiger partial charge in [0, 0.05) is 38.0 Å². The van der Waals surface area contributed by atoms with E-state index in [0.717, 1.165) is 55.6 Å². The number of likely N-dealkylation sites (tertiary alicyclic amines) is 1. The molecule has 0 aliphatic carbocycles. The van der Waals surface area contributed by atoms with Gasteiger partial charge in [0.15, 0.2) is 0 Å². The van der Waals surface area contributed by atoms with Gasteiger partial charge in [-0.25, -0.2) is 0 Å². The van der Waals surface area contributed by atoms with Crippen molar-refractivity contribution in [2.24, 2.45) is 5.41 Å². The number of carbonyl (C=O) groups excluding carboxylic acids is 1. The van der Waals surface area contributed by atoms with Crippen molar-refractivity contribution in [3.8, 4) is 0 Å². The number of carbonyl (C=O) groups is 1. The molecule has 0 saturated carbocycles. The lowest BCUT2D eigenvalue weighted by molar-refractivity contribution is -0.138. The van der Waals surface area contributed by atoms with E-state index in [-0.39, 0.29) is 5.41 Å². The third kappa shape index (κ3) is 3.61. The summed E-state index contributed by atoms with van der Waals surface area (Å²) in [6.07, 6.45) is 4.95. The van der Waals surface area contributed by atoms with Gasteiger partial charge in [0.1, 0.15) is 5.01 Å². The highest BCUT2D eigenvalue weighted by atomic mass is 32.1. The van der Waals surface area contributed by atoms with Crippen LogP contribution in [0.15, 0.2) is 30.3 Å². The lowest BCUT2D eigenvalue weighted by atomic mass is 9.73. The number of anilines is 1. The number of hydrogen-bond acceptors (Lipinski definition) is 5. The number of aromatic nitrogens is 2. The number of rotatable bonds is 4. The summed E-state index contributed by atoms with van der Waals surface area (Å²) in [6.45, 7) is 5.74. The molecule has 1 atom stereocenters. The van der Waals surface area contributed by atoms with Gasteiger partial charge in [0.05, 0.1) is 0 Å². The van der Waals surface area contributed by atoms with Crippen LogP contribution in [0.4, 0.5) is 5.13 Å². The maximum absolute atomic E-state index is 12.5. The first kappa shape index (κ1) is 17.5. The lowest BCUT2D eigenvalue weighted by Crippen LogP contribution is -2.53. The smallest absolute Gasteiger partial charge is 0.222 e. The Hall–Kier alpha value is -1.95. The average Bonchev–Trinajstić information content (AvgIpc) is 3.15. The maximum atomic E-state index is 12.5. The highest BCUT2D eigenvalue weighted by Crippen LogP contribution is 2.41. The van der Waals surface area contributed by atoms with Gasteiger partial charge in [-0.05, 0) is 31.2 Å². The molecular weight excluding hydrogens is 344 g/mol. The number of nitrogens with zero attached hydrogens (tertiary/aromatic N) is 4. The maximum Gasteiger partial charge on any atom is 0.222 e. The number of benzene rings is 1.